The van der Waals surface area contributed by atoms with Crippen molar-refractivity contribution in [3.8, 4) is 11.4 Å². The molecule has 0 bridgehead atoms. The minimum atomic E-state index is -0.0358. The Morgan fingerprint density at radius 2 is 2.08 bits per heavy atom. The number of thioether (sulfide) groups is 1. The fourth-order valence-electron chi connectivity index (χ4n) is 2.53. The van der Waals surface area contributed by atoms with Gasteiger partial charge < -0.3 is 9.88 Å². The Hall–Kier alpha value is -2.12. The average molecular weight is 373 g/mol. The van der Waals surface area contributed by atoms with E-state index in [1.807, 2.05) is 23.6 Å². The topological polar surface area (TPSA) is 59.8 Å². The van der Waals surface area contributed by atoms with Crippen LogP contribution in [0.1, 0.15) is 18.1 Å². The molecule has 3 aromatic rings. The van der Waals surface area contributed by atoms with Gasteiger partial charge in [0.25, 0.3) is 0 Å². The van der Waals surface area contributed by atoms with Gasteiger partial charge in [-0.15, -0.1) is 21.5 Å². The van der Waals surface area contributed by atoms with E-state index in [9.17, 15) is 4.79 Å². The number of benzene rings is 1. The zero-order valence-corrected chi connectivity index (χ0v) is 16.1. The molecule has 0 aliphatic rings. The number of anilines is 1. The molecule has 7 heteroatoms. The first-order valence-corrected chi connectivity index (χ1v) is 9.92. The lowest BCUT2D eigenvalue weighted by Crippen LogP contribution is -2.13. The molecule has 0 spiro atoms. The lowest BCUT2D eigenvalue weighted by Gasteiger charge is -2.10. The number of nitrogens with one attached hydrogen (secondary N) is 1. The fourth-order valence-corrected chi connectivity index (χ4v) is 3.96. The standard InChI is InChI=1S/C18H20N4OS2/c1-4-22-17(14-8-5-7-12(2)13(14)3)20-21-18(22)25-11-15(23)19-16-9-6-10-24-16/h5-10H,4,11H2,1-3H3,(H,19,23). The minimum Gasteiger partial charge on any atom is -0.317 e. The third-order valence-corrected chi connectivity index (χ3v) is 5.75. The molecule has 130 valence electrons. The Morgan fingerprint density at radius 3 is 2.80 bits per heavy atom. The second-order valence-corrected chi connectivity index (χ2v) is 7.50. The van der Waals surface area contributed by atoms with Crippen LogP contribution in [0.4, 0.5) is 5.00 Å². The fraction of sp³-hybridized carbons (Fsp3) is 0.278. The van der Waals surface area contributed by atoms with Gasteiger partial charge in [-0.05, 0) is 49.4 Å². The van der Waals surface area contributed by atoms with Crippen LogP contribution in [-0.2, 0) is 11.3 Å². The molecular formula is C18H20N4OS2. The summed E-state index contributed by atoms with van der Waals surface area (Å²) in [6, 6.07) is 10.00. The van der Waals surface area contributed by atoms with Crippen molar-refractivity contribution >= 4 is 34.0 Å². The quantitative estimate of drug-likeness (QED) is 0.653. The van der Waals surface area contributed by atoms with Crippen LogP contribution in [0.3, 0.4) is 0 Å². The zero-order valence-electron chi connectivity index (χ0n) is 14.4. The molecule has 5 nitrogen and oxygen atoms in total. The number of rotatable bonds is 6. The van der Waals surface area contributed by atoms with Crippen molar-refractivity contribution in [2.24, 2.45) is 0 Å². The highest BCUT2D eigenvalue weighted by molar-refractivity contribution is 7.99. The van der Waals surface area contributed by atoms with Gasteiger partial charge in [-0.2, -0.15) is 0 Å². The molecule has 0 saturated heterocycles. The minimum absolute atomic E-state index is 0.0358. The first-order chi connectivity index (χ1) is 12.1. The number of carbonyl (C=O) groups is 1. The highest BCUT2D eigenvalue weighted by Crippen LogP contribution is 2.28. The molecule has 0 atom stereocenters. The second kappa shape index (κ2) is 7.84. The Kier molecular flexibility index (Phi) is 5.55. The Labute approximate surface area is 155 Å². The largest absolute Gasteiger partial charge is 0.317 e. The smallest absolute Gasteiger partial charge is 0.235 e. The number of hydrogen-bond acceptors (Lipinski definition) is 5. The SMILES string of the molecule is CCn1c(SCC(=O)Nc2cccs2)nnc1-c1cccc(C)c1C. The van der Waals surface area contributed by atoms with Crippen molar-refractivity contribution < 1.29 is 4.79 Å². The molecule has 0 saturated carbocycles. The van der Waals surface area contributed by atoms with Crippen molar-refractivity contribution in [1.82, 2.24) is 14.8 Å². The van der Waals surface area contributed by atoms with Gasteiger partial charge >= 0.3 is 0 Å². The number of carbonyl (C=O) groups excluding carboxylic acids is 1. The number of thiophene rings is 1. The first-order valence-electron chi connectivity index (χ1n) is 8.06. The Balaban J connectivity index is 1.76. The van der Waals surface area contributed by atoms with Crippen molar-refractivity contribution in [2.75, 3.05) is 11.1 Å². The van der Waals surface area contributed by atoms with Crippen molar-refractivity contribution in [3.05, 3.63) is 46.8 Å². The van der Waals surface area contributed by atoms with Crippen LogP contribution in [-0.4, -0.2) is 26.4 Å². The van der Waals surface area contributed by atoms with E-state index in [1.54, 1.807) is 0 Å². The molecule has 25 heavy (non-hydrogen) atoms. The van der Waals surface area contributed by atoms with Crippen molar-refractivity contribution in [3.63, 3.8) is 0 Å². The summed E-state index contributed by atoms with van der Waals surface area (Å²) in [7, 11) is 0. The highest BCUT2D eigenvalue weighted by atomic mass is 32.2. The summed E-state index contributed by atoms with van der Waals surface area (Å²) in [5.74, 6) is 1.12. The van der Waals surface area contributed by atoms with Crippen LogP contribution in [0.15, 0.2) is 40.9 Å². The van der Waals surface area contributed by atoms with E-state index in [2.05, 4.69) is 53.0 Å². The van der Waals surface area contributed by atoms with Gasteiger partial charge in [0.05, 0.1) is 10.8 Å². The van der Waals surface area contributed by atoms with E-state index in [0.29, 0.717) is 5.75 Å². The lowest BCUT2D eigenvalue weighted by molar-refractivity contribution is -0.113. The van der Waals surface area contributed by atoms with Gasteiger partial charge in [0.2, 0.25) is 5.91 Å². The number of nitrogens with zero attached hydrogens (tertiary/aromatic N) is 3. The molecule has 2 heterocycles. The maximum Gasteiger partial charge on any atom is 0.235 e. The van der Waals surface area contributed by atoms with Gasteiger partial charge in [0.15, 0.2) is 11.0 Å². The van der Waals surface area contributed by atoms with Gasteiger partial charge in [-0.1, -0.05) is 30.0 Å². The molecule has 1 aromatic carbocycles. The van der Waals surface area contributed by atoms with Gasteiger partial charge in [0.1, 0.15) is 0 Å². The Bertz CT molecular complexity index is 871. The molecule has 1 N–H and O–H groups in total. The van der Waals surface area contributed by atoms with Crippen LogP contribution in [0.5, 0.6) is 0 Å². The number of hydrogen-bond donors (Lipinski definition) is 1. The van der Waals surface area contributed by atoms with Gasteiger partial charge in [0, 0.05) is 12.1 Å². The molecule has 2 aromatic heterocycles. The van der Waals surface area contributed by atoms with E-state index >= 15 is 0 Å². The summed E-state index contributed by atoms with van der Waals surface area (Å²) >= 11 is 2.92. The molecular weight excluding hydrogens is 352 g/mol. The van der Waals surface area contributed by atoms with Crippen LogP contribution in [0.25, 0.3) is 11.4 Å². The Morgan fingerprint density at radius 1 is 1.24 bits per heavy atom. The predicted molar refractivity (Wildman–Crippen MR) is 104 cm³/mol. The predicted octanol–water partition coefficient (Wildman–Crippen LogP) is 4.37. The summed E-state index contributed by atoms with van der Waals surface area (Å²) in [5, 5.41) is 15.1. The van der Waals surface area contributed by atoms with Crippen LogP contribution in [0, 0.1) is 13.8 Å². The number of aromatic nitrogens is 3. The summed E-state index contributed by atoms with van der Waals surface area (Å²) in [6.07, 6.45) is 0. The normalized spacial score (nSPS) is 10.8. The van der Waals surface area contributed by atoms with E-state index < -0.39 is 0 Å². The van der Waals surface area contributed by atoms with E-state index in [0.717, 1.165) is 28.1 Å². The maximum atomic E-state index is 12.1. The van der Waals surface area contributed by atoms with E-state index in [1.165, 1.54) is 34.2 Å². The van der Waals surface area contributed by atoms with Crippen LogP contribution in [0.2, 0.25) is 0 Å². The van der Waals surface area contributed by atoms with Crippen molar-refractivity contribution in [1.29, 1.82) is 0 Å². The third kappa shape index (κ3) is 3.93. The molecule has 0 radical (unpaired) electrons. The molecule has 0 unspecified atom stereocenters. The van der Waals surface area contributed by atoms with Crippen molar-refractivity contribution in [2.45, 2.75) is 32.5 Å². The monoisotopic (exact) mass is 372 g/mol. The summed E-state index contributed by atoms with van der Waals surface area (Å²) in [4.78, 5) is 12.1. The van der Waals surface area contributed by atoms with Gasteiger partial charge in [-0.3, -0.25) is 4.79 Å². The number of aryl methyl sites for hydroxylation is 1. The average Bonchev–Trinajstić information content (AvgIpc) is 3.24. The van der Waals surface area contributed by atoms with Crippen LogP contribution >= 0.6 is 23.1 Å². The summed E-state index contributed by atoms with van der Waals surface area (Å²) in [5.41, 5.74) is 3.52. The molecule has 0 fully saturated rings. The molecule has 0 aliphatic heterocycles. The second-order valence-electron chi connectivity index (χ2n) is 5.61. The van der Waals surface area contributed by atoms with Crippen LogP contribution < -0.4 is 5.32 Å². The molecule has 1 amide bonds. The molecule has 3 rings (SSSR count). The molecule has 0 aliphatic carbocycles. The summed E-state index contributed by atoms with van der Waals surface area (Å²) < 4.78 is 2.06. The third-order valence-electron chi connectivity index (χ3n) is 3.99. The number of amides is 1. The first kappa shape index (κ1) is 17.7. The van der Waals surface area contributed by atoms with E-state index in [-0.39, 0.29) is 5.91 Å². The highest BCUT2D eigenvalue weighted by Gasteiger charge is 2.16. The maximum absolute atomic E-state index is 12.1. The summed E-state index contributed by atoms with van der Waals surface area (Å²) in [6.45, 7) is 7.01. The van der Waals surface area contributed by atoms with E-state index in [4.69, 9.17) is 0 Å². The zero-order chi connectivity index (χ0) is 17.8. The van der Waals surface area contributed by atoms with Gasteiger partial charge in [-0.25, -0.2) is 0 Å². The lowest BCUT2D eigenvalue weighted by atomic mass is 10.0.